The number of fused-ring (bicyclic) bond motifs is 2. The Morgan fingerprint density at radius 1 is 1.11 bits per heavy atom. The van der Waals surface area contributed by atoms with E-state index in [2.05, 4.69) is 10.6 Å². The number of carbonyl (C=O) groups is 2. The van der Waals surface area contributed by atoms with Gasteiger partial charge in [-0.15, -0.1) is 0 Å². The van der Waals surface area contributed by atoms with Gasteiger partial charge in [0, 0.05) is 23.9 Å². The van der Waals surface area contributed by atoms with Crippen LogP contribution in [0.1, 0.15) is 43.0 Å². The van der Waals surface area contributed by atoms with Crippen molar-refractivity contribution in [3.8, 4) is 0 Å². The predicted octanol–water partition coefficient (Wildman–Crippen LogP) is 3.31. The molecule has 2 aromatic carbocycles. The quantitative estimate of drug-likeness (QED) is 0.385. The Labute approximate surface area is 224 Å². The largest absolute Gasteiger partial charge is 0.395 e. The second-order valence-electron chi connectivity index (χ2n) is 10.1. The van der Waals surface area contributed by atoms with Crippen LogP contribution in [0.5, 0.6) is 0 Å². The highest BCUT2D eigenvalue weighted by Crippen LogP contribution is 2.56. The molecule has 3 unspecified atom stereocenters. The molecule has 5 atom stereocenters. The van der Waals surface area contributed by atoms with Crippen molar-refractivity contribution in [1.82, 2.24) is 5.32 Å². The summed E-state index contributed by atoms with van der Waals surface area (Å²) >= 11 is 6.27. The zero-order valence-corrected chi connectivity index (χ0v) is 22.2. The van der Waals surface area contributed by atoms with Crippen LogP contribution in [-0.4, -0.2) is 54.4 Å². The van der Waals surface area contributed by atoms with E-state index in [4.69, 9.17) is 16.7 Å². The van der Waals surface area contributed by atoms with E-state index in [1.165, 1.54) is 18.2 Å². The average molecular weight is 571 g/mol. The van der Waals surface area contributed by atoms with Gasteiger partial charge in [0.2, 0.25) is 5.91 Å². The lowest BCUT2D eigenvalue weighted by Crippen LogP contribution is -2.51. The fraction of sp³-hybridized carbons (Fsp3) is 0.462. The molecule has 12 heteroatoms. The third-order valence-corrected chi connectivity index (χ3v) is 10.4. The minimum Gasteiger partial charge on any atom is -0.395 e. The summed E-state index contributed by atoms with van der Waals surface area (Å²) in [4.78, 5) is 24.8. The van der Waals surface area contributed by atoms with Gasteiger partial charge in [0.05, 0.1) is 33.8 Å². The van der Waals surface area contributed by atoms with E-state index in [0.29, 0.717) is 6.42 Å². The summed E-state index contributed by atoms with van der Waals surface area (Å²) in [7, 11) is -4.04. The van der Waals surface area contributed by atoms with Gasteiger partial charge >= 0.3 is 0 Å². The fourth-order valence-corrected chi connectivity index (χ4v) is 8.29. The van der Waals surface area contributed by atoms with Crippen molar-refractivity contribution in [2.75, 3.05) is 18.5 Å². The summed E-state index contributed by atoms with van der Waals surface area (Å²) in [6, 6.07) is 6.61. The molecule has 0 heterocycles. The SMILES string of the molecule is C[C@H]1CC2CC(S(=O)(=O)c3cc(C(=O)Nc4ccc(F)c(F)c4)ccc3Cl)CC1[C@@]2(O)CC(=O)NCCO. The molecule has 2 amide bonds. The number of rotatable bonds is 8. The summed E-state index contributed by atoms with van der Waals surface area (Å²) < 4.78 is 54.2. The number of aliphatic hydroxyl groups excluding tert-OH is 1. The molecule has 0 aliphatic heterocycles. The van der Waals surface area contributed by atoms with Crippen LogP contribution in [0, 0.1) is 29.4 Å². The van der Waals surface area contributed by atoms with E-state index in [1.807, 2.05) is 6.92 Å². The number of hydrogen-bond acceptors (Lipinski definition) is 6. The molecule has 2 fully saturated rings. The molecule has 206 valence electrons. The Bertz CT molecular complexity index is 1360. The number of aliphatic hydroxyl groups is 2. The highest BCUT2D eigenvalue weighted by atomic mass is 35.5. The third kappa shape index (κ3) is 5.42. The smallest absolute Gasteiger partial charge is 0.255 e. The summed E-state index contributed by atoms with van der Waals surface area (Å²) in [6.07, 6.45) is 0.616. The van der Waals surface area contributed by atoms with Gasteiger partial charge in [0.25, 0.3) is 5.91 Å². The van der Waals surface area contributed by atoms with Crippen LogP contribution >= 0.6 is 11.6 Å². The van der Waals surface area contributed by atoms with Crippen molar-refractivity contribution in [1.29, 1.82) is 0 Å². The molecule has 38 heavy (non-hydrogen) atoms. The maximum absolute atomic E-state index is 13.7. The molecule has 0 radical (unpaired) electrons. The molecular weight excluding hydrogens is 542 g/mol. The molecule has 2 bridgehead atoms. The van der Waals surface area contributed by atoms with Crippen LogP contribution in [0.3, 0.4) is 0 Å². The number of benzene rings is 2. The van der Waals surface area contributed by atoms with E-state index in [0.717, 1.165) is 18.2 Å². The van der Waals surface area contributed by atoms with Gasteiger partial charge < -0.3 is 20.8 Å². The molecule has 2 aliphatic rings. The molecule has 0 spiro atoms. The number of carbonyl (C=O) groups excluding carboxylic acids is 2. The highest BCUT2D eigenvalue weighted by Gasteiger charge is 2.59. The molecule has 4 rings (SSSR count). The summed E-state index contributed by atoms with van der Waals surface area (Å²) in [5.74, 6) is -4.25. The monoisotopic (exact) mass is 570 g/mol. The summed E-state index contributed by atoms with van der Waals surface area (Å²) in [6.45, 7) is 1.76. The Morgan fingerprint density at radius 2 is 1.84 bits per heavy atom. The number of anilines is 1. The first-order chi connectivity index (χ1) is 17.9. The van der Waals surface area contributed by atoms with Crippen molar-refractivity contribution in [2.45, 2.75) is 48.4 Å². The van der Waals surface area contributed by atoms with Gasteiger partial charge in [-0.25, -0.2) is 17.2 Å². The second kappa shape index (κ2) is 10.9. The van der Waals surface area contributed by atoms with Crippen molar-refractivity contribution >= 4 is 38.9 Å². The molecule has 2 saturated carbocycles. The lowest BCUT2D eigenvalue weighted by molar-refractivity contribution is -0.133. The van der Waals surface area contributed by atoms with Gasteiger partial charge in [-0.3, -0.25) is 9.59 Å². The molecule has 2 aliphatic carbocycles. The molecule has 8 nitrogen and oxygen atoms in total. The van der Waals surface area contributed by atoms with Crippen molar-refractivity contribution in [3.63, 3.8) is 0 Å². The van der Waals surface area contributed by atoms with Crippen molar-refractivity contribution < 1.29 is 37.0 Å². The van der Waals surface area contributed by atoms with Crippen LogP contribution in [-0.2, 0) is 14.6 Å². The van der Waals surface area contributed by atoms with Crippen LogP contribution in [0.25, 0.3) is 0 Å². The van der Waals surface area contributed by atoms with Gasteiger partial charge in [-0.1, -0.05) is 18.5 Å². The molecule has 0 saturated heterocycles. The minimum atomic E-state index is -4.04. The van der Waals surface area contributed by atoms with Crippen LogP contribution in [0.15, 0.2) is 41.3 Å². The molecule has 0 aromatic heterocycles. The number of nitrogens with one attached hydrogen (secondary N) is 2. The van der Waals surface area contributed by atoms with E-state index in [1.54, 1.807) is 0 Å². The van der Waals surface area contributed by atoms with E-state index >= 15 is 0 Å². The maximum Gasteiger partial charge on any atom is 0.255 e. The van der Waals surface area contributed by atoms with Crippen LogP contribution in [0.2, 0.25) is 5.02 Å². The van der Waals surface area contributed by atoms with E-state index in [-0.39, 0.29) is 59.5 Å². The Hall–Kier alpha value is -2.60. The Kier molecular flexibility index (Phi) is 8.13. The average Bonchev–Trinajstić information content (AvgIpc) is 2.98. The number of sulfone groups is 1. The topological polar surface area (TPSA) is 133 Å². The van der Waals surface area contributed by atoms with Crippen LogP contribution < -0.4 is 10.6 Å². The maximum atomic E-state index is 13.7. The second-order valence-corrected chi connectivity index (χ2v) is 12.7. The van der Waals surface area contributed by atoms with Gasteiger partial charge in [-0.05, 0) is 67.3 Å². The Morgan fingerprint density at radius 3 is 2.50 bits per heavy atom. The zero-order valence-electron chi connectivity index (χ0n) is 20.6. The van der Waals surface area contributed by atoms with Gasteiger partial charge in [-0.2, -0.15) is 0 Å². The van der Waals surface area contributed by atoms with E-state index in [9.17, 15) is 31.9 Å². The van der Waals surface area contributed by atoms with Crippen molar-refractivity contribution in [3.05, 3.63) is 58.6 Å². The number of hydrogen-bond donors (Lipinski definition) is 4. The number of amides is 2. The lowest BCUT2D eigenvalue weighted by Gasteiger charge is -2.42. The lowest BCUT2D eigenvalue weighted by atomic mass is 9.71. The molecular formula is C26H29ClF2N2O6S. The highest BCUT2D eigenvalue weighted by molar-refractivity contribution is 7.92. The van der Waals surface area contributed by atoms with E-state index < -0.39 is 56.0 Å². The third-order valence-electron chi connectivity index (χ3n) is 7.75. The molecule has 2 aromatic rings. The Balaban J connectivity index is 1.56. The zero-order chi connectivity index (χ0) is 27.8. The molecule has 4 N–H and O–H groups in total. The fourth-order valence-electron chi connectivity index (χ4n) is 5.91. The normalized spacial score (nSPS) is 26.7. The standard InChI is InChI=1S/C26H29ClF2N2O6S/c1-14-8-16-10-18(12-19(14)26(16,35)13-24(33)30-6-7-32)38(36,37)23-9-15(2-4-20(23)27)25(34)31-17-3-5-21(28)22(29)11-17/h2-5,9,11,14,16,18-19,32,35H,6-8,10,12-13H2,1H3,(H,30,33)(H,31,34)/t14-,16?,18?,19?,26+/m0/s1. The first kappa shape index (κ1) is 28.4. The van der Waals surface area contributed by atoms with Crippen molar-refractivity contribution in [2.24, 2.45) is 17.8 Å². The van der Waals surface area contributed by atoms with Gasteiger partial charge in [0.15, 0.2) is 21.5 Å². The first-order valence-corrected chi connectivity index (χ1v) is 14.2. The summed E-state index contributed by atoms with van der Waals surface area (Å²) in [5, 5.41) is 24.4. The van der Waals surface area contributed by atoms with Crippen LogP contribution in [0.4, 0.5) is 14.5 Å². The summed E-state index contributed by atoms with van der Waals surface area (Å²) in [5.41, 5.74) is -1.41. The number of halogens is 3. The minimum absolute atomic E-state index is 0.00610. The predicted molar refractivity (Wildman–Crippen MR) is 136 cm³/mol. The van der Waals surface area contributed by atoms with Gasteiger partial charge in [0.1, 0.15) is 0 Å². The first-order valence-electron chi connectivity index (χ1n) is 12.3.